The molecule has 2 aromatic carbocycles. The van der Waals surface area contributed by atoms with Crippen LogP contribution in [0.25, 0.3) is 6.08 Å². The van der Waals surface area contributed by atoms with E-state index >= 15 is 0 Å². The third kappa shape index (κ3) is 3.72. The zero-order valence-electron chi connectivity index (χ0n) is 9.64. The van der Waals surface area contributed by atoms with E-state index in [0.717, 1.165) is 5.56 Å². The summed E-state index contributed by atoms with van der Waals surface area (Å²) in [4.78, 5) is 0. The first-order chi connectivity index (χ1) is 8.34. The zero-order chi connectivity index (χ0) is 11.9. The summed E-state index contributed by atoms with van der Waals surface area (Å²) >= 11 is 0. The Balaban J connectivity index is 1.96. The predicted octanol–water partition coefficient (Wildman–Crippen LogP) is 3.96. The average Bonchev–Trinajstić information content (AvgIpc) is 2.39. The Labute approximate surface area is 102 Å². The molecule has 0 bridgehead atoms. The van der Waals surface area contributed by atoms with Crippen LogP contribution in [0.3, 0.4) is 0 Å². The van der Waals surface area contributed by atoms with Gasteiger partial charge in [0.25, 0.3) is 0 Å². The largest absolute Gasteiger partial charge is 0.305 e. The normalized spacial score (nSPS) is 10.6. The molecule has 84 valence electrons. The quantitative estimate of drug-likeness (QED) is 0.755. The second kappa shape index (κ2) is 5.80. The van der Waals surface area contributed by atoms with Crippen molar-refractivity contribution in [1.29, 1.82) is 5.41 Å². The van der Waals surface area contributed by atoms with Crippen LogP contribution in [0, 0.1) is 5.41 Å². The molecule has 0 radical (unpaired) electrons. The smallest absolute Gasteiger partial charge is 0.0357 e. The van der Waals surface area contributed by atoms with Gasteiger partial charge in [0.15, 0.2) is 0 Å². The number of hydrogen-bond donors (Lipinski definition) is 1. The Kier molecular flexibility index (Phi) is 3.87. The van der Waals surface area contributed by atoms with E-state index in [1.54, 1.807) is 0 Å². The van der Waals surface area contributed by atoms with E-state index in [-0.39, 0.29) is 0 Å². The van der Waals surface area contributed by atoms with Crippen molar-refractivity contribution in [3.63, 3.8) is 0 Å². The molecule has 0 saturated carbocycles. The number of hydrogen-bond acceptors (Lipinski definition) is 1. The fourth-order valence-electron chi connectivity index (χ4n) is 1.64. The minimum Gasteiger partial charge on any atom is -0.305 e. The molecule has 0 atom stereocenters. The van der Waals surface area contributed by atoms with Crippen LogP contribution < -0.4 is 0 Å². The molecule has 0 aliphatic rings. The van der Waals surface area contributed by atoms with Gasteiger partial charge in [0, 0.05) is 12.1 Å². The number of benzene rings is 2. The summed E-state index contributed by atoms with van der Waals surface area (Å²) in [6.45, 7) is 0. The molecule has 1 nitrogen and oxygen atoms in total. The lowest BCUT2D eigenvalue weighted by molar-refractivity contribution is 1.29. The van der Waals surface area contributed by atoms with Gasteiger partial charge in [-0.25, -0.2) is 0 Å². The minimum atomic E-state index is 0.625. The first kappa shape index (κ1) is 11.3. The molecule has 1 N–H and O–H groups in total. The number of nitrogens with one attached hydrogen (secondary N) is 1. The van der Waals surface area contributed by atoms with Crippen LogP contribution in [0.15, 0.2) is 66.7 Å². The van der Waals surface area contributed by atoms with Crippen LogP contribution in [0.5, 0.6) is 0 Å². The van der Waals surface area contributed by atoms with Gasteiger partial charge in [0.05, 0.1) is 0 Å². The molecular formula is C16H15N. The van der Waals surface area contributed by atoms with E-state index in [2.05, 4.69) is 0 Å². The molecule has 1 heteroatoms. The second-order valence-corrected chi connectivity index (χ2v) is 3.93. The Morgan fingerprint density at radius 1 is 0.882 bits per heavy atom. The summed E-state index contributed by atoms with van der Waals surface area (Å²) < 4.78 is 0. The van der Waals surface area contributed by atoms with Crippen molar-refractivity contribution in [2.45, 2.75) is 6.42 Å². The van der Waals surface area contributed by atoms with Crippen molar-refractivity contribution in [3.05, 3.63) is 77.9 Å². The molecule has 0 aliphatic heterocycles. The first-order valence-electron chi connectivity index (χ1n) is 5.69. The van der Waals surface area contributed by atoms with Crippen LogP contribution in [0.4, 0.5) is 0 Å². The van der Waals surface area contributed by atoms with Gasteiger partial charge in [0.1, 0.15) is 0 Å². The van der Waals surface area contributed by atoms with Crippen LogP contribution >= 0.6 is 0 Å². The zero-order valence-corrected chi connectivity index (χ0v) is 9.64. The lowest BCUT2D eigenvalue weighted by Gasteiger charge is -1.99. The van der Waals surface area contributed by atoms with E-state index < -0.39 is 0 Å². The fourth-order valence-corrected chi connectivity index (χ4v) is 1.64. The van der Waals surface area contributed by atoms with Crippen LogP contribution in [-0.4, -0.2) is 5.71 Å². The van der Waals surface area contributed by atoms with E-state index in [1.165, 1.54) is 5.56 Å². The number of rotatable bonds is 4. The Bertz CT molecular complexity index is 498. The molecule has 2 aromatic rings. The van der Waals surface area contributed by atoms with Crippen molar-refractivity contribution >= 4 is 11.8 Å². The number of allylic oxidation sites excluding steroid dienone is 1. The molecule has 0 unspecified atom stereocenters. The van der Waals surface area contributed by atoms with E-state index in [9.17, 15) is 0 Å². The van der Waals surface area contributed by atoms with Crippen molar-refractivity contribution in [2.75, 3.05) is 0 Å². The summed E-state index contributed by atoms with van der Waals surface area (Å²) in [6.07, 6.45) is 4.53. The second-order valence-electron chi connectivity index (χ2n) is 3.93. The topological polar surface area (TPSA) is 23.9 Å². The highest BCUT2D eigenvalue weighted by Crippen LogP contribution is 2.04. The molecule has 2 rings (SSSR count). The molecule has 0 aromatic heterocycles. The predicted molar refractivity (Wildman–Crippen MR) is 73.3 cm³/mol. The van der Waals surface area contributed by atoms with Crippen LogP contribution in [-0.2, 0) is 6.42 Å². The molecule has 0 aliphatic carbocycles. The van der Waals surface area contributed by atoms with Gasteiger partial charge >= 0.3 is 0 Å². The first-order valence-corrected chi connectivity index (χ1v) is 5.69. The van der Waals surface area contributed by atoms with Gasteiger partial charge in [-0.15, -0.1) is 0 Å². The summed E-state index contributed by atoms with van der Waals surface area (Å²) in [7, 11) is 0. The summed E-state index contributed by atoms with van der Waals surface area (Å²) in [5.74, 6) is 0. The monoisotopic (exact) mass is 221 g/mol. The van der Waals surface area contributed by atoms with Gasteiger partial charge in [-0.2, -0.15) is 0 Å². The van der Waals surface area contributed by atoms with Gasteiger partial charge in [-0.05, 0) is 17.2 Å². The lowest BCUT2D eigenvalue weighted by Crippen LogP contribution is -1.96. The third-order valence-corrected chi connectivity index (χ3v) is 2.51. The highest BCUT2D eigenvalue weighted by atomic mass is 14.4. The van der Waals surface area contributed by atoms with Gasteiger partial charge < -0.3 is 5.41 Å². The molecule has 0 heterocycles. The fraction of sp³-hybridized carbons (Fsp3) is 0.0625. The minimum absolute atomic E-state index is 0.625. The van der Waals surface area contributed by atoms with E-state index in [0.29, 0.717) is 12.1 Å². The van der Waals surface area contributed by atoms with Crippen molar-refractivity contribution in [1.82, 2.24) is 0 Å². The van der Waals surface area contributed by atoms with Crippen LogP contribution in [0.2, 0.25) is 0 Å². The highest BCUT2D eigenvalue weighted by molar-refractivity contribution is 5.97. The van der Waals surface area contributed by atoms with Gasteiger partial charge in [0.2, 0.25) is 0 Å². The summed E-state index contributed by atoms with van der Waals surface area (Å²) in [5, 5.41) is 7.89. The molecular weight excluding hydrogens is 206 g/mol. The molecule has 0 amide bonds. The van der Waals surface area contributed by atoms with E-state index in [1.807, 2.05) is 72.8 Å². The third-order valence-electron chi connectivity index (χ3n) is 2.51. The lowest BCUT2D eigenvalue weighted by atomic mass is 10.1. The average molecular weight is 221 g/mol. The Morgan fingerprint density at radius 2 is 1.47 bits per heavy atom. The Hall–Kier alpha value is -2.15. The van der Waals surface area contributed by atoms with Crippen LogP contribution in [0.1, 0.15) is 11.1 Å². The molecule has 0 spiro atoms. The summed E-state index contributed by atoms with van der Waals surface area (Å²) in [5.41, 5.74) is 2.93. The SMILES string of the molecule is N=C(/C=C/c1ccccc1)Cc1ccccc1. The standard InChI is InChI=1S/C16H15N/c17-16(13-15-9-5-2-6-10-15)12-11-14-7-3-1-4-8-14/h1-12,17H,13H2/b12-11+,17-16?. The summed E-state index contributed by atoms with van der Waals surface area (Å²) in [6, 6.07) is 20.2. The van der Waals surface area contributed by atoms with E-state index in [4.69, 9.17) is 5.41 Å². The molecule has 0 fully saturated rings. The highest BCUT2D eigenvalue weighted by Gasteiger charge is 1.94. The maximum absolute atomic E-state index is 7.89. The van der Waals surface area contributed by atoms with Crippen molar-refractivity contribution in [3.8, 4) is 0 Å². The molecule has 17 heavy (non-hydrogen) atoms. The van der Waals surface area contributed by atoms with Crippen molar-refractivity contribution in [2.24, 2.45) is 0 Å². The Morgan fingerprint density at radius 3 is 2.12 bits per heavy atom. The van der Waals surface area contributed by atoms with Gasteiger partial charge in [-0.3, -0.25) is 0 Å². The van der Waals surface area contributed by atoms with Gasteiger partial charge in [-0.1, -0.05) is 66.7 Å². The maximum Gasteiger partial charge on any atom is 0.0357 e. The maximum atomic E-state index is 7.89. The molecule has 0 saturated heterocycles. The van der Waals surface area contributed by atoms with Crippen molar-refractivity contribution < 1.29 is 0 Å².